The molecular weight excluding hydrogens is 486 g/mol. The first-order valence-electron chi connectivity index (χ1n) is 12.2. The van der Waals surface area contributed by atoms with E-state index < -0.39 is 18.2 Å². The number of alkyl halides is 2. The van der Waals surface area contributed by atoms with Crippen molar-refractivity contribution in [3.8, 4) is 22.3 Å². The Morgan fingerprint density at radius 3 is 2.38 bits per heavy atom. The maximum atomic E-state index is 15.0. The largest absolute Gasteiger partial charge is 0.383 e. The molecule has 10 heteroatoms. The summed E-state index contributed by atoms with van der Waals surface area (Å²) in [5.74, 6) is -1.86. The predicted molar refractivity (Wildman–Crippen MR) is 135 cm³/mol. The second kappa shape index (κ2) is 10.4. The third kappa shape index (κ3) is 5.24. The van der Waals surface area contributed by atoms with Crippen LogP contribution in [0.5, 0.6) is 0 Å². The molecule has 0 saturated carbocycles. The minimum Gasteiger partial charge on any atom is -0.383 e. The Labute approximate surface area is 212 Å². The number of benzene rings is 2. The van der Waals surface area contributed by atoms with Crippen LogP contribution in [0, 0.1) is 11.8 Å². The molecule has 1 fully saturated rings. The second-order valence-corrected chi connectivity index (χ2v) is 9.31. The van der Waals surface area contributed by atoms with Crippen LogP contribution < -0.4 is 16.0 Å². The number of nitrogen functional groups attached to an aromatic ring is 1. The normalized spacial score (nSPS) is 16.1. The number of hydrogen-bond donors (Lipinski definition) is 2. The van der Waals surface area contributed by atoms with Crippen LogP contribution in [0.3, 0.4) is 0 Å². The quantitative estimate of drug-likeness (QED) is 0.379. The van der Waals surface area contributed by atoms with Gasteiger partial charge in [0.1, 0.15) is 11.6 Å². The third-order valence-corrected chi connectivity index (χ3v) is 6.99. The number of piperazine rings is 1. The minimum absolute atomic E-state index is 0.122. The van der Waals surface area contributed by atoms with Gasteiger partial charge in [0.05, 0.1) is 0 Å². The highest BCUT2D eigenvalue weighted by Gasteiger charge is 2.23. The number of fused-ring (bicyclic) bond motifs is 1. The Bertz CT molecular complexity index is 1310. The lowest BCUT2D eigenvalue weighted by molar-refractivity contribution is 0.0945. The van der Waals surface area contributed by atoms with E-state index in [4.69, 9.17) is 5.73 Å². The standard InChI is InChI=1S/C27H27F4N5O/c28-23-15-20-17(5-7-33-27(20)37)13-21(23)22-14-19(25(31)34-26(22)32)16-1-3-18(4-2-16)36-11-9-35(10-12-36)8-6-24(29)30/h1-4,13-15,24H,5-12H2,(H2,32,34)(H,33,37). The molecule has 3 aromatic rings. The molecule has 3 heterocycles. The van der Waals surface area contributed by atoms with Gasteiger partial charge < -0.3 is 16.0 Å². The van der Waals surface area contributed by atoms with Crippen LogP contribution in [0.1, 0.15) is 22.3 Å². The minimum atomic E-state index is -2.29. The van der Waals surface area contributed by atoms with Gasteiger partial charge >= 0.3 is 0 Å². The highest BCUT2D eigenvalue weighted by Crippen LogP contribution is 2.35. The summed E-state index contributed by atoms with van der Waals surface area (Å²) in [5.41, 5.74) is 9.09. The lowest BCUT2D eigenvalue weighted by atomic mass is 9.93. The molecule has 194 valence electrons. The Balaban J connectivity index is 1.38. The van der Waals surface area contributed by atoms with E-state index in [1.807, 2.05) is 17.0 Å². The van der Waals surface area contributed by atoms with Gasteiger partial charge in [-0.05, 0) is 47.9 Å². The van der Waals surface area contributed by atoms with Crippen LogP contribution in [0.25, 0.3) is 22.3 Å². The molecule has 0 spiro atoms. The number of nitrogens with zero attached hydrogens (tertiary/aromatic N) is 3. The van der Waals surface area contributed by atoms with Crippen molar-refractivity contribution in [2.24, 2.45) is 0 Å². The molecule has 6 nitrogen and oxygen atoms in total. The summed E-state index contributed by atoms with van der Waals surface area (Å²) in [6, 6.07) is 11.5. The molecule has 5 rings (SSSR count). The van der Waals surface area contributed by atoms with Crippen molar-refractivity contribution < 1.29 is 22.4 Å². The summed E-state index contributed by atoms with van der Waals surface area (Å²) in [7, 11) is 0. The molecular formula is C27H27F4N5O. The average molecular weight is 514 g/mol. The number of amides is 1. The SMILES string of the molecule is Nc1nc(F)c(-c2ccc(N3CCN(CCC(F)F)CC3)cc2)cc1-c1cc2c(cc1F)C(=O)NCC2. The van der Waals surface area contributed by atoms with Gasteiger partial charge in [-0.2, -0.15) is 4.39 Å². The maximum Gasteiger partial charge on any atom is 0.251 e. The maximum absolute atomic E-state index is 15.0. The lowest BCUT2D eigenvalue weighted by Crippen LogP contribution is -2.46. The molecule has 2 aliphatic rings. The van der Waals surface area contributed by atoms with Crippen molar-refractivity contribution in [1.82, 2.24) is 15.2 Å². The highest BCUT2D eigenvalue weighted by molar-refractivity contribution is 5.97. The summed E-state index contributed by atoms with van der Waals surface area (Å²) in [4.78, 5) is 20.1. The van der Waals surface area contributed by atoms with Crippen LogP contribution in [0.15, 0.2) is 42.5 Å². The van der Waals surface area contributed by atoms with Crippen LogP contribution in [0.4, 0.5) is 29.1 Å². The lowest BCUT2D eigenvalue weighted by Gasteiger charge is -2.36. The number of rotatable bonds is 6. The van der Waals surface area contributed by atoms with E-state index in [1.165, 1.54) is 12.1 Å². The predicted octanol–water partition coefficient (Wildman–Crippen LogP) is 4.34. The first-order valence-corrected chi connectivity index (χ1v) is 12.2. The molecule has 2 aromatic carbocycles. The van der Waals surface area contributed by atoms with Crippen molar-refractivity contribution in [1.29, 1.82) is 0 Å². The molecule has 37 heavy (non-hydrogen) atoms. The van der Waals surface area contributed by atoms with E-state index >= 15 is 4.39 Å². The van der Waals surface area contributed by atoms with E-state index in [0.717, 1.165) is 5.69 Å². The topological polar surface area (TPSA) is 74.5 Å². The fourth-order valence-electron chi connectivity index (χ4n) is 4.93. The fraction of sp³-hybridized carbons (Fsp3) is 0.333. The molecule has 1 amide bonds. The summed E-state index contributed by atoms with van der Waals surface area (Å²) in [5, 5.41) is 2.69. The molecule has 2 aliphatic heterocycles. The van der Waals surface area contributed by atoms with Gasteiger partial charge in [-0.15, -0.1) is 0 Å². The Morgan fingerprint density at radius 1 is 0.946 bits per heavy atom. The number of carbonyl (C=O) groups is 1. The third-order valence-electron chi connectivity index (χ3n) is 6.99. The van der Waals surface area contributed by atoms with E-state index in [2.05, 4.69) is 15.2 Å². The zero-order valence-electron chi connectivity index (χ0n) is 20.1. The number of aromatic nitrogens is 1. The van der Waals surface area contributed by atoms with Crippen molar-refractivity contribution in [2.45, 2.75) is 19.3 Å². The van der Waals surface area contributed by atoms with Crippen molar-refractivity contribution in [2.75, 3.05) is 49.9 Å². The van der Waals surface area contributed by atoms with Gasteiger partial charge in [0.15, 0.2) is 0 Å². The molecule has 1 saturated heterocycles. The van der Waals surface area contributed by atoms with Crippen LogP contribution in [-0.4, -0.2) is 61.5 Å². The van der Waals surface area contributed by atoms with Gasteiger partial charge in [-0.3, -0.25) is 9.69 Å². The van der Waals surface area contributed by atoms with Crippen molar-refractivity contribution in [3.05, 3.63) is 65.4 Å². The molecule has 1 aromatic heterocycles. The number of halogens is 4. The number of anilines is 2. The summed E-state index contributed by atoms with van der Waals surface area (Å²) in [6.07, 6.45) is -1.86. The van der Waals surface area contributed by atoms with Crippen LogP contribution >= 0.6 is 0 Å². The molecule has 0 aliphatic carbocycles. The van der Waals surface area contributed by atoms with Crippen molar-refractivity contribution >= 4 is 17.4 Å². The Morgan fingerprint density at radius 2 is 1.68 bits per heavy atom. The van der Waals surface area contributed by atoms with Gasteiger partial charge in [-0.25, -0.2) is 18.2 Å². The Hall–Kier alpha value is -3.66. The number of nitrogens with two attached hydrogens (primary N) is 1. The zero-order valence-corrected chi connectivity index (χ0v) is 20.1. The first-order chi connectivity index (χ1) is 17.8. The van der Waals surface area contributed by atoms with E-state index in [-0.39, 0.29) is 40.4 Å². The second-order valence-electron chi connectivity index (χ2n) is 9.31. The van der Waals surface area contributed by atoms with E-state index in [1.54, 1.807) is 18.2 Å². The molecule has 0 unspecified atom stereocenters. The van der Waals surface area contributed by atoms with Gasteiger partial charge in [0.2, 0.25) is 12.4 Å². The van der Waals surface area contributed by atoms with Gasteiger partial charge in [0.25, 0.3) is 5.91 Å². The molecule has 0 bridgehead atoms. The molecule has 3 N–H and O–H groups in total. The Kier molecular flexibility index (Phi) is 7.01. The van der Waals surface area contributed by atoms with Crippen molar-refractivity contribution in [3.63, 3.8) is 0 Å². The summed E-state index contributed by atoms with van der Waals surface area (Å²) >= 11 is 0. The molecule has 0 atom stereocenters. The number of carbonyl (C=O) groups excluding carboxylic acids is 1. The average Bonchev–Trinajstić information content (AvgIpc) is 2.88. The smallest absolute Gasteiger partial charge is 0.251 e. The summed E-state index contributed by atoms with van der Waals surface area (Å²) in [6.45, 7) is 3.65. The van der Waals surface area contributed by atoms with Gasteiger partial charge in [-0.1, -0.05) is 12.1 Å². The van der Waals surface area contributed by atoms with E-state index in [0.29, 0.717) is 56.8 Å². The number of nitrogens with one attached hydrogen (secondary N) is 1. The molecule has 0 radical (unpaired) electrons. The fourth-order valence-corrected chi connectivity index (χ4v) is 4.93. The van der Waals surface area contributed by atoms with Gasteiger partial charge in [0, 0.05) is 73.6 Å². The monoisotopic (exact) mass is 513 g/mol. The first kappa shape index (κ1) is 25.0. The zero-order chi connectivity index (χ0) is 26.1. The van der Waals surface area contributed by atoms with Crippen LogP contribution in [-0.2, 0) is 6.42 Å². The number of pyridine rings is 1. The van der Waals surface area contributed by atoms with E-state index in [9.17, 15) is 18.0 Å². The van der Waals surface area contributed by atoms with Crippen LogP contribution in [0.2, 0.25) is 0 Å². The summed E-state index contributed by atoms with van der Waals surface area (Å²) < 4.78 is 54.8. The number of hydrogen-bond acceptors (Lipinski definition) is 5. The highest BCUT2D eigenvalue weighted by atomic mass is 19.3.